The first-order valence-electron chi connectivity index (χ1n) is 12.4. The Bertz CT molecular complexity index is 1020. The maximum atomic E-state index is 12.7. The summed E-state index contributed by atoms with van der Waals surface area (Å²) in [6.45, 7) is 11.8. The molecule has 35 heavy (non-hydrogen) atoms. The summed E-state index contributed by atoms with van der Waals surface area (Å²) in [5, 5.41) is 13.1. The van der Waals surface area contributed by atoms with E-state index in [4.69, 9.17) is 0 Å². The fourth-order valence-corrected chi connectivity index (χ4v) is 3.68. The molecule has 5 heteroatoms. The minimum absolute atomic E-state index is 0.0582. The van der Waals surface area contributed by atoms with E-state index in [-0.39, 0.29) is 17.1 Å². The van der Waals surface area contributed by atoms with E-state index in [0.29, 0.717) is 22.7 Å². The quantitative estimate of drug-likeness (QED) is 0.171. The third-order valence-corrected chi connectivity index (χ3v) is 5.88. The number of fused-ring (bicyclic) bond motifs is 1. The number of terminal acetylenes is 1. The molecule has 1 amide bonds. The second-order valence-electron chi connectivity index (χ2n) is 8.68. The topological polar surface area (TPSA) is 58.6 Å². The van der Waals surface area contributed by atoms with Gasteiger partial charge in [-0.2, -0.15) is 0 Å². The molecule has 0 radical (unpaired) electrons. The van der Waals surface area contributed by atoms with Gasteiger partial charge in [-0.1, -0.05) is 84.1 Å². The summed E-state index contributed by atoms with van der Waals surface area (Å²) in [7, 11) is 0. The molecule has 0 aromatic heterocycles. The van der Waals surface area contributed by atoms with Crippen LogP contribution in [0.1, 0.15) is 97.1 Å². The average Bonchev–Trinajstić information content (AvgIpc) is 3.18. The lowest BCUT2D eigenvalue weighted by Crippen LogP contribution is -2.05. The number of phenols is 1. The molecule has 2 N–H and O–H groups in total. The Labute approximate surface area is 210 Å². The first kappa shape index (κ1) is 29.8. The van der Waals surface area contributed by atoms with E-state index in [1.54, 1.807) is 13.0 Å². The fourth-order valence-electron chi connectivity index (χ4n) is 3.68. The number of benzene rings is 2. The summed E-state index contributed by atoms with van der Waals surface area (Å²) in [5.41, 5.74) is 3.79. The fraction of sp³-hybridized carbons (Fsp3) is 0.433. The molecule has 0 bridgehead atoms. The Hall–Kier alpha value is -3.26. The molecular weight excluding hydrogens is 441 g/mol. The van der Waals surface area contributed by atoms with Gasteiger partial charge in [0.2, 0.25) is 0 Å². The first-order chi connectivity index (χ1) is 16.8. The molecule has 0 saturated carbocycles. The number of carbonyl (C=O) groups is 1. The van der Waals surface area contributed by atoms with Crippen molar-refractivity contribution in [2.24, 2.45) is 0 Å². The molecule has 1 heterocycles. The summed E-state index contributed by atoms with van der Waals surface area (Å²) >= 11 is 0. The zero-order chi connectivity index (χ0) is 26.4. The van der Waals surface area contributed by atoms with Crippen molar-refractivity contribution in [1.29, 1.82) is 0 Å². The summed E-state index contributed by atoms with van der Waals surface area (Å²) in [6, 6.07) is 11.3. The van der Waals surface area contributed by atoms with Crippen LogP contribution in [0.2, 0.25) is 0 Å². The molecular formula is C30H40FNO3. The summed E-state index contributed by atoms with van der Waals surface area (Å²) < 4.78 is 12.7. The van der Waals surface area contributed by atoms with E-state index in [1.165, 1.54) is 50.7 Å². The van der Waals surface area contributed by atoms with Crippen LogP contribution in [-0.4, -0.2) is 11.0 Å². The van der Waals surface area contributed by atoms with Gasteiger partial charge in [0.05, 0.1) is 11.3 Å². The van der Waals surface area contributed by atoms with Gasteiger partial charge in [-0.15, -0.1) is 12.3 Å². The molecule has 0 aliphatic carbocycles. The molecule has 1 atom stereocenters. The van der Waals surface area contributed by atoms with E-state index in [2.05, 4.69) is 62.4 Å². The van der Waals surface area contributed by atoms with Crippen molar-refractivity contribution in [2.75, 3.05) is 5.32 Å². The monoisotopic (exact) mass is 481 g/mol. The largest absolute Gasteiger partial charge is 0.507 e. The van der Waals surface area contributed by atoms with Gasteiger partial charge < -0.3 is 10.4 Å². The smallest absolute Gasteiger partial charge is 0.259 e. The van der Waals surface area contributed by atoms with E-state index in [0.717, 1.165) is 12.0 Å². The number of anilines is 1. The number of amides is 1. The van der Waals surface area contributed by atoms with E-state index in [1.807, 2.05) is 12.1 Å². The second-order valence-corrected chi connectivity index (χ2v) is 8.68. The maximum absolute atomic E-state index is 12.7. The number of carbonyl (C=O) groups excluding carboxylic acids is 1. The van der Waals surface area contributed by atoms with Crippen molar-refractivity contribution in [2.45, 2.75) is 86.0 Å². The third-order valence-electron chi connectivity index (χ3n) is 5.88. The Balaban J connectivity index is 0.000000778. The van der Waals surface area contributed by atoms with Crippen LogP contribution in [0.4, 0.5) is 10.2 Å². The van der Waals surface area contributed by atoms with E-state index < -0.39 is 5.91 Å². The van der Waals surface area contributed by atoms with Gasteiger partial charge in [0.1, 0.15) is 5.75 Å². The number of rotatable bonds is 8. The van der Waals surface area contributed by atoms with Crippen molar-refractivity contribution in [3.8, 4) is 29.2 Å². The summed E-state index contributed by atoms with van der Waals surface area (Å²) in [4.78, 5) is 15.9. The standard InChI is InChI=1S/C23H26FNO3.C4H10.C3H4/c1-4-5-6-7-14(2)16-8-10-17(11-9-16)18-12-19-20(13-21(18)26)25-23(27)22(19)15(3)28-24;1-3-4-2;1-3-2/h8-14,26H,4-7H2,1-3H3,(H,25,27);3-4H2,1-2H3;1H,2H3/b22-15+;;/t14-;;/m1../s1. The molecule has 2 aromatic carbocycles. The minimum Gasteiger partial charge on any atom is -0.507 e. The maximum Gasteiger partial charge on any atom is 0.259 e. The third kappa shape index (κ3) is 8.47. The molecule has 1 aliphatic heterocycles. The van der Waals surface area contributed by atoms with Crippen molar-refractivity contribution in [3.63, 3.8) is 0 Å². The molecule has 0 saturated heterocycles. The Kier molecular flexibility index (Phi) is 13.3. The predicted molar refractivity (Wildman–Crippen MR) is 145 cm³/mol. The second kappa shape index (κ2) is 15.6. The zero-order valence-corrected chi connectivity index (χ0v) is 22.0. The highest BCUT2D eigenvalue weighted by atomic mass is 19.3. The molecule has 0 fully saturated rings. The number of unbranched alkanes of at least 4 members (excludes halogenated alkanes) is 3. The Morgan fingerprint density at radius 3 is 2.20 bits per heavy atom. The van der Waals surface area contributed by atoms with Crippen LogP contribution >= 0.6 is 0 Å². The lowest BCUT2D eigenvalue weighted by atomic mass is 9.92. The minimum atomic E-state index is -0.446. The van der Waals surface area contributed by atoms with Crippen LogP contribution < -0.4 is 5.32 Å². The molecule has 0 unspecified atom stereocenters. The van der Waals surface area contributed by atoms with Crippen LogP contribution in [0.3, 0.4) is 0 Å². The first-order valence-corrected chi connectivity index (χ1v) is 12.4. The van der Waals surface area contributed by atoms with Crippen molar-refractivity contribution in [3.05, 3.63) is 53.3 Å². The molecule has 2 aromatic rings. The van der Waals surface area contributed by atoms with Gasteiger partial charge in [0.15, 0.2) is 5.76 Å². The molecule has 4 nitrogen and oxygen atoms in total. The van der Waals surface area contributed by atoms with Crippen molar-refractivity contribution >= 4 is 17.2 Å². The van der Waals surface area contributed by atoms with Crippen LogP contribution in [0, 0.1) is 12.3 Å². The predicted octanol–water partition coefficient (Wildman–Crippen LogP) is 8.77. The number of hydrogen-bond donors (Lipinski definition) is 2. The van der Waals surface area contributed by atoms with Gasteiger partial charge in [-0.3, -0.25) is 9.74 Å². The normalized spacial score (nSPS) is 13.7. The number of aromatic hydroxyl groups is 1. The summed E-state index contributed by atoms with van der Waals surface area (Å²) in [6.07, 6.45) is 12.1. The molecule has 190 valence electrons. The van der Waals surface area contributed by atoms with Gasteiger partial charge in [0, 0.05) is 21.7 Å². The van der Waals surface area contributed by atoms with Crippen LogP contribution in [0.5, 0.6) is 5.75 Å². The van der Waals surface area contributed by atoms with E-state index in [9.17, 15) is 14.4 Å². The molecule has 3 rings (SSSR count). The Morgan fingerprint density at radius 2 is 1.69 bits per heavy atom. The van der Waals surface area contributed by atoms with Crippen LogP contribution in [-0.2, 0) is 9.74 Å². The number of hydrogen-bond acceptors (Lipinski definition) is 3. The highest BCUT2D eigenvalue weighted by Gasteiger charge is 2.29. The molecule has 0 spiro atoms. The average molecular weight is 482 g/mol. The van der Waals surface area contributed by atoms with Crippen LogP contribution in [0.15, 0.2) is 42.2 Å². The Morgan fingerprint density at radius 1 is 1.09 bits per heavy atom. The van der Waals surface area contributed by atoms with Crippen molar-refractivity contribution < 1.29 is 19.4 Å². The zero-order valence-electron chi connectivity index (χ0n) is 22.0. The van der Waals surface area contributed by atoms with E-state index >= 15 is 0 Å². The highest BCUT2D eigenvalue weighted by molar-refractivity contribution is 6.32. The molecule has 1 aliphatic rings. The van der Waals surface area contributed by atoms with Crippen molar-refractivity contribution in [1.82, 2.24) is 0 Å². The summed E-state index contributed by atoms with van der Waals surface area (Å²) in [5.74, 6) is 2.24. The number of nitrogens with one attached hydrogen (secondary N) is 1. The number of halogens is 1. The number of allylic oxidation sites excluding steroid dienone is 1. The van der Waals surface area contributed by atoms with Crippen LogP contribution in [0.25, 0.3) is 16.7 Å². The lowest BCUT2D eigenvalue weighted by Gasteiger charge is -2.13. The van der Waals surface area contributed by atoms with Gasteiger partial charge >= 0.3 is 0 Å². The number of phenolic OH excluding ortho intramolecular Hbond substituents is 1. The van der Waals surface area contributed by atoms with Gasteiger partial charge in [-0.25, -0.2) is 0 Å². The highest BCUT2D eigenvalue weighted by Crippen LogP contribution is 2.42. The van der Waals surface area contributed by atoms with Gasteiger partial charge in [0.25, 0.3) is 5.91 Å². The SMILES string of the molecule is C#CC.CCCC.CCCCC[C@@H](C)c1ccc(-c2cc3c(cc2O)NC(=O)/C3=C(\C)OF)cc1. The van der Waals surface area contributed by atoms with Gasteiger partial charge in [-0.05, 0) is 43.4 Å². The lowest BCUT2D eigenvalue weighted by molar-refractivity contribution is -0.112.